The molecular weight excluding hydrogens is 218 g/mol. The Kier molecular flexibility index (Phi) is 2.69. The number of halogens is 1. The van der Waals surface area contributed by atoms with Crippen molar-refractivity contribution in [2.75, 3.05) is 0 Å². The van der Waals surface area contributed by atoms with Gasteiger partial charge in [0.15, 0.2) is 5.76 Å². The molecule has 0 N–H and O–H groups in total. The number of hydrogen-bond acceptors (Lipinski definition) is 4. The number of ether oxygens (including phenoxy) is 1. The molecule has 2 aromatic heterocycles. The molecule has 2 aromatic rings. The van der Waals surface area contributed by atoms with Gasteiger partial charge in [-0.3, -0.25) is 4.79 Å². The Hall–Kier alpha value is -1.81. The molecule has 0 fully saturated rings. The predicted molar refractivity (Wildman–Crippen MR) is 53.2 cm³/mol. The van der Waals surface area contributed by atoms with Gasteiger partial charge in [0.1, 0.15) is 0 Å². The first-order chi connectivity index (χ1) is 7.25. The molecule has 0 spiro atoms. The summed E-state index contributed by atoms with van der Waals surface area (Å²) in [4.78, 5) is 14.6. The Morgan fingerprint density at radius 1 is 1.33 bits per heavy atom. The van der Waals surface area contributed by atoms with Gasteiger partial charge in [-0.25, -0.2) is 4.98 Å². The Balaban J connectivity index is 2.15. The zero-order valence-electron chi connectivity index (χ0n) is 7.51. The molecule has 0 aliphatic heterocycles. The summed E-state index contributed by atoms with van der Waals surface area (Å²) in [6, 6.07) is 8.16. The van der Waals surface area contributed by atoms with E-state index < -0.39 is 5.24 Å². The van der Waals surface area contributed by atoms with Crippen molar-refractivity contribution in [2.45, 2.75) is 0 Å². The molecule has 0 saturated heterocycles. The van der Waals surface area contributed by atoms with E-state index in [1.165, 1.54) is 12.1 Å². The minimum atomic E-state index is -0.661. The average Bonchev–Trinajstić information content (AvgIpc) is 2.68. The Bertz CT molecular complexity index is 467. The van der Waals surface area contributed by atoms with E-state index in [0.29, 0.717) is 5.88 Å². The molecule has 5 heteroatoms. The monoisotopic (exact) mass is 223 g/mol. The Morgan fingerprint density at radius 3 is 2.80 bits per heavy atom. The highest BCUT2D eigenvalue weighted by atomic mass is 35.5. The fraction of sp³-hybridized carbons (Fsp3) is 0. The first kappa shape index (κ1) is 9.73. The van der Waals surface area contributed by atoms with E-state index in [2.05, 4.69) is 4.98 Å². The number of nitrogens with zero attached hydrogens (tertiary/aromatic N) is 1. The Labute approximate surface area is 90.4 Å². The number of rotatable bonds is 3. The Morgan fingerprint density at radius 2 is 2.20 bits per heavy atom. The van der Waals surface area contributed by atoms with Crippen LogP contribution in [0.4, 0.5) is 0 Å². The molecule has 0 amide bonds. The molecule has 0 aliphatic carbocycles. The summed E-state index contributed by atoms with van der Waals surface area (Å²) in [5, 5.41) is -0.661. The number of hydrogen-bond donors (Lipinski definition) is 0. The van der Waals surface area contributed by atoms with Crippen molar-refractivity contribution in [3.63, 3.8) is 0 Å². The van der Waals surface area contributed by atoms with Crippen LogP contribution < -0.4 is 4.74 Å². The van der Waals surface area contributed by atoms with Gasteiger partial charge in [0.2, 0.25) is 5.88 Å². The quantitative estimate of drug-likeness (QED) is 0.751. The number of pyridine rings is 1. The first-order valence-corrected chi connectivity index (χ1v) is 4.52. The van der Waals surface area contributed by atoms with Crippen LogP contribution in [0.25, 0.3) is 0 Å². The van der Waals surface area contributed by atoms with Gasteiger partial charge in [-0.05, 0) is 23.7 Å². The molecule has 2 heterocycles. The highest BCUT2D eigenvalue weighted by Gasteiger charge is 2.09. The van der Waals surface area contributed by atoms with E-state index in [1.54, 1.807) is 24.4 Å². The van der Waals surface area contributed by atoms with Crippen LogP contribution in [-0.4, -0.2) is 10.2 Å². The van der Waals surface area contributed by atoms with Crippen molar-refractivity contribution in [2.24, 2.45) is 0 Å². The van der Waals surface area contributed by atoms with E-state index in [9.17, 15) is 4.79 Å². The minimum absolute atomic E-state index is 0.0441. The van der Waals surface area contributed by atoms with Crippen LogP contribution in [0.5, 0.6) is 11.8 Å². The predicted octanol–water partition coefficient (Wildman–Crippen LogP) is 2.85. The maximum absolute atomic E-state index is 10.7. The molecule has 2 rings (SSSR count). The second kappa shape index (κ2) is 4.14. The second-order valence-electron chi connectivity index (χ2n) is 2.66. The SMILES string of the molecule is O=C(Cl)c1ccc(Oc2ccccn2)o1. The van der Waals surface area contributed by atoms with Crippen LogP contribution >= 0.6 is 11.6 Å². The van der Waals surface area contributed by atoms with Crippen molar-refractivity contribution < 1.29 is 13.9 Å². The van der Waals surface area contributed by atoms with Gasteiger partial charge >= 0.3 is 0 Å². The van der Waals surface area contributed by atoms with Crippen LogP contribution in [0.15, 0.2) is 40.9 Å². The molecular formula is C10H6ClNO3. The van der Waals surface area contributed by atoms with Gasteiger partial charge in [0.05, 0.1) is 0 Å². The standard InChI is InChI=1S/C10H6ClNO3/c11-10(13)7-4-5-9(14-7)15-8-3-1-2-6-12-8/h1-6H. The lowest BCUT2D eigenvalue weighted by molar-refractivity contribution is 0.105. The fourth-order valence-electron chi connectivity index (χ4n) is 0.991. The summed E-state index contributed by atoms with van der Waals surface area (Å²) in [6.45, 7) is 0. The zero-order valence-corrected chi connectivity index (χ0v) is 8.27. The summed E-state index contributed by atoms with van der Waals surface area (Å²) in [7, 11) is 0. The third-order valence-corrected chi connectivity index (χ3v) is 1.80. The summed E-state index contributed by atoms with van der Waals surface area (Å²) in [5.41, 5.74) is 0. The van der Waals surface area contributed by atoms with E-state index in [0.717, 1.165) is 0 Å². The summed E-state index contributed by atoms with van der Waals surface area (Å²) in [6.07, 6.45) is 1.59. The highest BCUT2D eigenvalue weighted by molar-refractivity contribution is 6.67. The second-order valence-corrected chi connectivity index (χ2v) is 3.01. The van der Waals surface area contributed by atoms with Gasteiger partial charge in [0, 0.05) is 18.3 Å². The third-order valence-electron chi connectivity index (χ3n) is 1.62. The number of carbonyl (C=O) groups is 1. The van der Waals surface area contributed by atoms with Gasteiger partial charge < -0.3 is 9.15 Å². The number of aromatic nitrogens is 1. The van der Waals surface area contributed by atoms with Crippen LogP contribution in [0.2, 0.25) is 0 Å². The normalized spacial score (nSPS) is 9.93. The van der Waals surface area contributed by atoms with Crippen molar-refractivity contribution >= 4 is 16.8 Å². The van der Waals surface area contributed by atoms with Gasteiger partial charge in [-0.2, -0.15) is 0 Å². The number of furan rings is 1. The molecule has 15 heavy (non-hydrogen) atoms. The molecule has 4 nitrogen and oxygen atoms in total. The van der Waals surface area contributed by atoms with Crippen molar-refractivity contribution in [3.05, 3.63) is 42.3 Å². The first-order valence-electron chi connectivity index (χ1n) is 4.14. The maximum Gasteiger partial charge on any atom is 0.291 e. The topological polar surface area (TPSA) is 52.3 Å². The smallest absolute Gasteiger partial charge is 0.291 e. The molecule has 0 unspecified atom stereocenters. The molecule has 0 aliphatic rings. The van der Waals surface area contributed by atoms with E-state index in [1.807, 2.05) is 0 Å². The van der Waals surface area contributed by atoms with Crippen molar-refractivity contribution in [1.82, 2.24) is 4.98 Å². The fourth-order valence-corrected chi connectivity index (χ4v) is 1.09. The van der Waals surface area contributed by atoms with Crippen LogP contribution in [0.1, 0.15) is 10.6 Å². The van der Waals surface area contributed by atoms with Crippen LogP contribution in [-0.2, 0) is 0 Å². The van der Waals surface area contributed by atoms with E-state index in [4.69, 9.17) is 20.8 Å². The van der Waals surface area contributed by atoms with Crippen LogP contribution in [0.3, 0.4) is 0 Å². The lowest BCUT2D eigenvalue weighted by Crippen LogP contribution is -1.85. The number of carbonyl (C=O) groups excluding carboxylic acids is 1. The summed E-state index contributed by atoms with van der Waals surface area (Å²) >= 11 is 5.22. The lowest BCUT2D eigenvalue weighted by atomic mass is 10.5. The van der Waals surface area contributed by atoms with Gasteiger partial charge in [-0.1, -0.05) is 6.07 Å². The largest absolute Gasteiger partial charge is 0.421 e. The van der Waals surface area contributed by atoms with Crippen molar-refractivity contribution in [1.29, 1.82) is 0 Å². The van der Waals surface area contributed by atoms with Crippen LogP contribution in [0, 0.1) is 0 Å². The molecule has 0 saturated carbocycles. The van der Waals surface area contributed by atoms with Gasteiger partial charge in [-0.15, -0.1) is 0 Å². The minimum Gasteiger partial charge on any atom is -0.421 e. The molecule has 0 bridgehead atoms. The zero-order chi connectivity index (χ0) is 10.7. The highest BCUT2D eigenvalue weighted by Crippen LogP contribution is 2.22. The summed E-state index contributed by atoms with van der Waals surface area (Å²) < 4.78 is 10.2. The maximum atomic E-state index is 10.7. The molecule has 0 aromatic carbocycles. The summed E-state index contributed by atoms with van der Waals surface area (Å²) in [5.74, 6) is 0.612. The third kappa shape index (κ3) is 2.35. The van der Waals surface area contributed by atoms with Gasteiger partial charge in [0.25, 0.3) is 11.2 Å². The van der Waals surface area contributed by atoms with E-state index in [-0.39, 0.29) is 11.7 Å². The lowest BCUT2D eigenvalue weighted by Gasteiger charge is -1.98. The van der Waals surface area contributed by atoms with E-state index >= 15 is 0 Å². The molecule has 76 valence electrons. The van der Waals surface area contributed by atoms with Crippen molar-refractivity contribution in [3.8, 4) is 11.8 Å². The molecule has 0 atom stereocenters. The molecule has 0 radical (unpaired) electrons. The average molecular weight is 224 g/mol.